The Bertz CT molecular complexity index is 803. The van der Waals surface area contributed by atoms with Crippen molar-refractivity contribution in [3.63, 3.8) is 0 Å². The second-order valence-corrected chi connectivity index (χ2v) is 4.80. The molecule has 0 radical (unpaired) electrons. The van der Waals surface area contributed by atoms with Crippen molar-refractivity contribution in [2.75, 3.05) is 18.5 Å². The van der Waals surface area contributed by atoms with Crippen molar-refractivity contribution in [2.45, 2.75) is 6.42 Å². The van der Waals surface area contributed by atoms with Gasteiger partial charge in [-0.25, -0.2) is 4.98 Å². The molecule has 23 heavy (non-hydrogen) atoms. The Morgan fingerprint density at radius 2 is 2.04 bits per heavy atom. The molecule has 0 saturated heterocycles. The molecule has 0 atom stereocenters. The zero-order valence-electron chi connectivity index (χ0n) is 12.3. The third-order valence-corrected chi connectivity index (χ3v) is 3.17. The number of benzene rings is 1. The summed E-state index contributed by atoms with van der Waals surface area (Å²) < 4.78 is 6.80. The molecule has 3 aromatic rings. The number of aromatic nitrogens is 3. The second kappa shape index (κ2) is 6.73. The topological polar surface area (TPSA) is 94.6 Å². The van der Waals surface area contributed by atoms with Gasteiger partial charge in [-0.15, -0.1) is 0 Å². The van der Waals surface area contributed by atoms with Crippen LogP contribution in [0.4, 0.5) is 11.6 Å². The van der Waals surface area contributed by atoms with Crippen molar-refractivity contribution in [3.8, 4) is 5.75 Å². The molecule has 3 rings (SSSR count). The molecule has 2 aromatic heterocycles. The highest BCUT2D eigenvalue weighted by Gasteiger charge is 2.15. The number of hydrogen-bond acceptors (Lipinski definition) is 6. The molecule has 0 aliphatic heterocycles. The molecule has 0 fully saturated rings. The lowest BCUT2D eigenvalue weighted by Crippen LogP contribution is -2.10. The Morgan fingerprint density at radius 3 is 2.83 bits per heavy atom. The van der Waals surface area contributed by atoms with Crippen LogP contribution in [0.25, 0.3) is 5.65 Å². The van der Waals surface area contributed by atoms with Crippen LogP contribution in [0.1, 0.15) is 6.42 Å². The van der Waals surface area contributed by atoms with Crippen LogP contribution in [0.5, 0.6) is 5.75 Å². The van der Waals surface area contributed by atoms with Gasteiger partial charge >= 0.3 is 5.82 Å². The fraction of sp³-hybridized carbons (Fsp3) is 0.200. The first-order valence-electron chi connectivity index (χ1n) is 7.15. The van der Waals surface area contributed by atoms with Crippen LogP contribution >= 0.6 is 0 Å². The third kappa shape index (κ3) is 3.54. The Hall–Kier alpha value is -3.16. The molecule has 0 aliphatic carbocycles. The van der Waals surface area contributed by atoms with E-state index in [0.717, 1.165) is 12.2 Å². The van der Waals surface area contributed by atoms with E-state index in [1.807, 2.05) is 30.3 Å². The van der Waals surface area contributed by atoms with E-state index in [-0.39, 0.29) is 5.82 Å². The molecule has 0 spiro atoms. The Balaban J connectivity index is 1.53. The molecule has 1 aromatic carbocycles. The maximum Gasteiger partial charge on any atom is 0.368 e. The summed E-state index contributed by atoms with van der Waals surface area (Å²) in [7, 11) is 0. The number of nitrogens with zero attached hydrogens (tertiary/aromatic N) is 4. The summed E-state index contributed by atoms with van der Waals surface area (Å²) in [5.41, 5.74) is 0.440. The number of hydrogen-bond donors (Lipinski definition) is 1. The van der Waals surface area contributed by atoms with Gasteiger partial charge in [-0.05, 0) is 29.5 Å². The molecule has 8 heteroatoms. The number of anilines is 1. The summed E-state index contributed by atoms with van der Waals surface area (Å²) in [4.78, 5) is 14.3. The van der Waals surface area contributed by atoms with E-state index in [1.54, 1.807) is 12.1 Å². The normalized spacial score (nSPS) is 10.6. The van der Waals surface area contributed by atoms with Crippen LogP contribution in [-0.2, 0) is 0 Å². The Morgan fingerprint density at radius 1 is 1.22 bits per heavy atom. The highest BCUT2D eigenvalue weighted by Crippen LogP contribution is 2.14. The largest absolute Gasteiger partial charge is 0.494 e. The number of ether oxygens (including phenoxy) is 1. The first kappa shape index (κ1) is 14.8. The van der Waals surface area contributed by atoms with Crippen LogP contribution in [0.15, 0.2) is 48.7 Å². The van der Waals surface area contributed by atoms with Crippen LogP contribution in [-0.4, -0.2) is 32.7 Å². The van der Waals surface area contributed by atoms with Gasteiger partial charge in [0.25, 0.3) is 0 Å². The van der Waals surface area contributed by atoms with Gasteiger partial charge in [0.1, 0.15) is 11.9 Å². The maximum atomic E-state index is 10.9. The average Bonchev–Trinajstić information content (AvgIpc) is 2.99. The van der Waals surface area contributed by atoms with Crippen LogP contribution in [0, 0.1) is 10.1 Å². The number of para-hydroxylation sites is 1. The van der Waals surface area contributed by atoms with E-state index in [9.17, 15) is 10.1 Å². The predicted octanol–water partition coefficient (Wildman–Crippen LogP) is 2.52. The van der Waals surface area contributed by atoms with E-state index in [2.05, 4.69) is 15.4 Å². The standard InChI is InChI=1S/C15H15N5O3/c21-20(22)15-11-17-14-8-7-13(18-19(14)15)16-9-4-10-23-12-5-2-1-3-6-12/h1-3,5-8,11H,4,9-10H2,(H,16,18). The number of fused-ring (bicyclic) bond motifs is 1. The lowest BCUT2D eigenvalue weighted by atomic mass is 10.3. The number of nitrogens with one attached hydrogen (secondary N) is 1. The van der Waals surface area contributed by atoms with Gasteiger partial charge in [-0.2, -0.15) is 0 Å². The van der Waals surface area contributed by atoms with Gasteiger partial charge in [0.15, 0.2) is 5.82 Å². The lowest BCUT2D eigenvalue weighted by molar-refractivity contribution is -0.391. The third-order valence-electron chi connectivity index (χ3n) is 3.17. The minimum Gasteiger partial charge on any atom is -0.494 e. The molecule has 0 saturated carbocycles. The quantitative estimate of drug-likeness (QED) is 0.409. The molecule has 2 heterocycles. The minimum absolute atomic E-state index is 0.156. The predicted molar refractivity (Wildman–Crippen MR) is 84.7 cm³/mol. The monoisotopic (exact) mass is 313 g/mol. The smallest absolute Gasteiger partial charge is 0.368 e. The summed E-state index contributed by atoms with van der Waals surface area (Å²) in [6.45, 7) is 1.22. The summed E-state index contributed by atoms with van der Waals surface area (Å²) in [5, 5.41) is 18.2. The molecule has 0 aliphatic rings. The van der Waals surface area contributed by atoms with Crippen molar-refractivity contribution in [3.05, 3.63) is 58.8 Å². The van der Waals surface area contributed by atoms with Gasteiger partial charge < -0.3 is 20.2 Å². The first-order chi connectivity index (χ1) is 11.2. The zero-order chi connectivity index (χ0) is 16.1. The summed E-state index contributed by atoms with van der Waals surface area (Å²) in [6, 6.07) is 13.0. The zero-order valence-corrected chi connectivity index (χ0v) is 12.3. The highest BCUT2D eigenvalue weighted by molar-refractivity contribution is 5.48. The molecule has 0 unspecified atom stereocenters. The van der Waals surface area contributed by atoms with Crippen molar-refractivity contribution in [2.24, 2.45) is 0 Å². The van der Waals surface area contributed by atoms with Gasteiger partial charge in [0, 0.05) is 12.6 Å². The van der Waals surface area contributed by atoms with Gasteiger partial charge in [-0.1, -0.05) is 27.8 Å². The van der Waals surface area contributed by atoms with E-state index in [4.69, 9.17) is 4.74 Å². The lowest BCUT2D eigenvalue weighted by Gasteiger charge is -2.07. The average molecular weight is 313 g/mol. The minimum atomic E-state index is -0.509. The SMILES string of the molecule is O=[N+]([O-])c1cnc2ccc(NCCCOc3ccccc3)nn12. The molecule has 1 N–H and O–H groups in total. The molecule has 0 bridgehead atoms. The number of imidazole rings is 1. The number of nitro groups is 1. The van der Waals surface area contributed by atoms with E-state index in [1.165, 1.54) is 10.7 Å². The Kier molecular flexibility index (Phi) is 4.32. The highest BCUT2D eigenvalue weighted by atomic mass is 16.6. The summed E-state index contributed by atoms with van der Waals surface area (Å²) in [5.74, 6) is 1.23. The summed E-state index contributed by atoms with van der Waals surface area (Å²) >= 11 is 0. The second-order valence-electron chi connectivity index (χ2n) is 4.80. The van der Waals surface area contributed by atoms with Crippen molar-refractivity contribution < 1.29 is 9.66 Å². The van der Waals surface area contributed by atoms with Gasteiger partial charge in [0.05, 0.1) is 6.61 Å². The van der Waals surface area contributed by atoms with Crippen LogP contribution in [0.2, 0.25) is 0 Å². The van der Waals surface area contributed by atoms with Crippen molar-refractivity contribution in [1.82, 2.24) is 14.6 Å². The fourth-order valence-corrected chi connectivity index (χ4v) is 2.08. The van der Waals surface area contributed by atoms with Crippen molar-refractivity contribution in [1.29, 1.82) is 0 Å². The fourth-order valence-electron chi connectivity index (χ4n) is 2.08. The number of rotatable bonds is 7. The van der Waals surface area contributed by atoms with E-state index >= 15 is 0 Å². The molecular formula is C15H15N5O3. The van der Waals surface area contributed by atoms with Crippen LogP contribution in [0.3, 0.4) is 0 Å². The first-order valence-corrected chi connectivity index (χ1v) is 7.15. The molecule has 118 valence electrons. The van der Waals surface area contributed by atoms with E-state index < -0.39 is 4.92 Å². The maximum absolute atomic E-state index is 10.9. The van der Waals surface area contributed by atoms with Gasteiger partial charge in [-0.3, -0.25) is 0 Å². The molecule has 8 nitrogen and oxygen atoms in total. The molecule has 0 amide bonds. The summed E-state index contributed by atoms with van der Waals surface area (Å²) in [6.07, 6.45) is 1.97. The van der Waals surface area contributed by atoms with Gasteiger partial charge in [0.2, 0.25) is 5.65 Å². The van der Waals surface area contributed by atoms with E-state index in [0.29, 0.717) is 24.6 Å². The van der Waals surface area contributed by atoms with Crippen molar-refractivity contribution >= 4 is 17.3 Å². The Labute approximate surface area is 131 Å². The molecular weight excluding hydrogens is 298 g/mol. The van der Waals surface area contributed by atoms with Crippen LogP contribution < -0.4 is 10.1 Å².